The van der Waals surface area contributed by atoms with Crippen LogP contribution >= 0.6 is 0 Å². The van der Waals surface area contributed by atoms with Gasteiger partial charge in [-0.05, 0) is 0 Å². The molecule has 11 heteroatoms. The molecule has 0 aromatic heterocycles. The minimum Gasteiger partial charge on any atom is -0.480 e. The van der Waals surface area contributed by atoms with Gasteiger partial charge in [-0.25, -0.2) is 22.7 Å². The van der Waals surface area contributed by atoms with E-state index in [0.29, 0.717) is 0 Å². The number of aliphatic carboxylic acids is 1. The van der Waals surface area contributed by atoms with Crippen LogP contribution in [0.2, 0.25) is 0 Å². The van der Waals surface area contributed by atoms with Crippen molar-refractivity contribution in [1.29, 1.82) is 0 Å². The quantitative estimate of drug-likeness (QED) is 0.426. The molecule has 1 saturated heterocycles. The second-order valence-electron chi connectivity index (χ2n) is 4.33. The zero-order valence-corrected chi connectivity index (χ0v) is 12.3. The molecule has 1 fully saturated rings. The van der Waals surface area contributed by atoms with Crippen molar-refractivity contribution in [3.63, 3.8) is 0 Å². The minimum absolute atomic E-state index is 0.182. The van der Waals surface area contributed by atoms with E-state index < -0.39 is 34.0 Å². The number of sulfonamides is 1. The Morgan fingerprint density at radius 2 is 2.14 bits per heavy atom. The van der Waals surface area contributed by atoms with Crippen LogP contribution in [0.1, 0.15) is 6.92 Å². The highest BCUT2D eigenvalue weighted by Crippen LogP contribution is 2.04. The van der Waals surface area contributed by atoms with Gasteiger partial charge >= 0.3 is 12.0 Å². The van der Waals surface area contributed by atoms with Crippen LogP contribution in [0.15, 0.2) is 0 Å². The lowest BCUT2D eigenvalue weighted by molar-refractivity contribution is -0.144. The Morgan fingerprint density at radius 1 is 1.48 bits per heavy atom. The number of piperazine rings is 1. The summed E-state index contributed by atoms with van der Waals surface area (Å²) in [6.45, 7) is 1.11. The topological polar surface area (TPSA) is 145 Å². The fourth-order valence-electron chi connectivity index (χ4n) is 1.76. The van der Waals surface area contributed by atoms with Crippen molar-refractivity contribution in [1.82, 2.24) is 20.3 Å². The van der Waals surface area contributed by atoms with Crippen LogP contribution in [0.3, 0.4) is 0 Å². The Balaban J connectivity index is 2.56. The van der Waals surface area contributed by atoms with Crippen molar-refractivity contribution in [2.45, 2.75) is 13.0 Å². The van der Waals surface area contributed by atoms with E-state index in [0.717, 1.165) is 4.90 Å². The lowest BCUT2D eigenvalue weighted by Gasteiger charge is -2.32. The summed E-state index contributed by atoms with van der Waals surface area (Å²) in [6.07, 6.45) is 0. The largest absolute Gasteiger partial charge is 0.480 e. The van der Waals surface area contributed by atoms with E-state index >= 15 is 0 Å². The van der Waals surface area contributed by atoms with Gasteiger partial charge in [0, 0.05) is 19.6 Å². The lowest BCUT2D eigenvalue weighted by atomic mass is 10.2. The predicted octanol–water partition coefficient (Wildman–Crippen LogP) is -2.48. The third-order valence-corrected chi connectivity index (χ3v) is 4.21. The Bertz CT molecular complexity index is 520. The summed E-state index contributed by atoms with van der Waals surface area (Å²) in [4.78, 5) is 35.0. The van der Waals surface area contributed by atoms with E-state index in [2.05, 4.69) is 15.4 Å². The van der Waals surface area contributed by atoms with E-state index in [4.69, 9.17) is 5.11 Å². The molecule has 0 spiro atoms. The van der Waals surface area contributed by atoms with Gasteiger partial charge in [-0.2, -0.15) is 0 Å². The van der Waals surface area contributed by atoms with Crippen LogP contribution in [-0.2, 0) is 19.6 Å². The van der Waals surface area contributed by atoms with Gasteiger partial charge in [-0.15, -0.1) is 0 Å². The number of carboxylic acid groups (broad SMARTS) is 1. The molecule has 0 aliphatic carbocycles. The number of carboxylic acids is 1. The SMILES string of the molecule is CCNS(=O)(=O)CCNC(=O)N1CC(=O)NCC1C(=O)O. The first-order chi connectivity index (χ1) is 9.76. The Hall–Kier alpha value is -1.88. The van der Waals surface area contributed by atoms with Gasteiger partial charge in [-0.3, -0.25) is 9.69 Å². The molecular formula is C10H18N4O6S. The minimum atomic E-state index is -3.48. The predicted molar refractivity (Wildman–Crippen MR) is 72.0 cm³/mol. The second-order valence-corrected chi connectivity index (χ2v) is 6.26. The summed E-state index contributed by atoms with van der Waals surface area (Å²) in [5.41, 5.74) is 0. The molecule has 10 nitrogen and oxygen atoms in total. The maximum Gasteiger partial charge on any atom is 0.328 e. The maximum absolute atomic E-state index is 11.9. The summed E-state index contributed by atoms with van der Waals surface area (Å²) >= 11 is 0. The lowest BCUT2D eigenvalue weighted by Crippen LogP contribution is -2.61. The number of amides is 3. The fraction of sp³-hybridized carbons (Fsp3) is 0.700. The molecule has 0 saturated carbocycles. The molecule has 0 bridgehead atoms. The standard InChI is InChI=1S/C10H18N4O6S/c1-2-13-21(19,20)4-3-11-10(18)14-6-8(15)12-5-7(14)9(16)17/h7,13H,2-6H2,1H3,(H,11,18)(H,12,15)(H,16,17). The molecular weight excluding hydrogens is 304 g/mol. The van der Waals surface area contributed by atoms with Crippen molar-refractivity contribution in [3.8, 4) is 0 Å². The first-order valence-electron chi connectivity index (χ1n) is 6.28. The van der Waals surface area contributed by atoms with Gasteiger partial charge in [0.25, 0.3) is 0 Å². The highest BCUT2D eigenvalue weighted by molar-refractivity contribution is 7.89. The van der Waals surface area contributed by atoms with Gasteiger partial charge in [-0.1, -0.05) is 6.92 Å². The van der Waals surface area contributed by atoms with Crippen LogP contribution in [0.4, 0.5) is 4.79 Å². The Morgan fingerprint density at radius 3 is 2.71 bits per heavy atom. The molecule has 4 N–H and O–H groups in total. The first kappa shape index (κ1) is 17.2. The third kappa shape index (κ3) is 5.19. The summed E-state index contributed by atoms with van der Waals surface area (Å²) in [5, 5.41) is 13.6. The monoisotopic (exact) mass is 322 g/mol. The van der Waals surface area contributed by atoms with E-state index in [1.165, 1.54) is 0 Å². The van der Waals surface area contributed by atoms with Gasteiger partial charge < -0.3 is 15.7 Å². The fourth-order valence-corrected chi connectivity index (χ4v) is 2.72. The van der Waals surface area contributed by atoms with Crippen LogP contribution < -0.4 is 15.4 Å². The zero-order valence-electron chi connectivity index (χ0n) is 11.5. The van der Waals surface area contributed by atoms with Crippen molar-refractivity contribution in [2.75, 3.05) is 31.9 Å². The summed E-state index contributed by atoms with van der Waals surface area (Å²) in [5.74, 6) is -2.04. The number of carbonyl (C=O) groups is 3. The van der Waals surface area contributed by atoms with E-state index in [9.17, 15) is 22.8 Å². The highest BCUT2D eigenvalue weighted by Gasteiger charge is 2.35. The van der Waals surface area contributed by atoms with E-state index in [1.807, 2.05) is 0 Å². The van der Waals surface area contributed by atoms with Crippen LogP contribution in [-0.4, -0.2) is 74.3 Å². The number of nitrogens with zero attached hydrogens (tertiary/aromatic N) is 1. The molecule has 21 heavy (non-hydrogen) atoms. The van der Waals surface area contributed by atoms with Gasteiger partial charge in [0.2, 0.25) is 15.9 Å². The van der Waals surface area contributed by atoms with Crippen LogP contribution in [0.5, 0.6) is 0 Å². The van der Waals surface area contributed by atoms with Gasteiger partial charge in [0.15, 0.2) is 0 Å². The van der Waals surface area contributed by atoms with Crippen LogP contribution in [0, 0.1) is 0 Å². The van der Waals surface area contributed by atoms with Crippen molar-refractivity contribution in [2.24, 2.45) is 0 Å². The molecule has 1 aliphatic heterocycles. The summed E-state index contributed by atoms with van der Waals surface area (Å²) in [7, 11) is -3.48. The number of hydrogen-bond acceptors (Lipinski definition) is 5. The summed E-state index contributed by atoms with van der Waals surface area (Å²) < 4.78 is 25.0. The molecule has 0 aromatic rings. The van der Waals surface area contributed by atoms with Crippen molar-refractivity contribution < 1.29 is 27.9 Å². The molecule has 1 unspecified atom stereocenters. The molecule has 1 heterocycles. The smallest absolute Gasteiger partial charge is 0.328 e. The number of carbonyl (C=O) groups excluding carboxylic acids is 2. The number of hydrogen-bond donors (Lipinski definition) is 4. The molecule has 0 radical (unpaired) electrons. The Labute approximate surface area is 121 Å². The number of rotatable bonds is 6. The summed E-state index contributed by atoms with van der Waals surface area (Å²) in [6, 6.07) is -1.96. The molecule has 1 atom stereocenters. The molecule has 0 aromatic carbocycles. The zero-order chi connectivity index (χ0) is 16.0. The molecule has 120 valence electrons. The van der Waals surface area contributed by atoms with Gasteiger partial charge in [0.1, 0.15) is 12.6 Å². The Kier molecular flexibility index (Phi) is 5.90. The van der Waals surface area contributed by atoms with Gasteiger partial charge in [0.05, 0.1) is 5.75 Å². The van der Waals surface area contributed by atoms with Crippen molar-refractivity contribution in [3.05, 3.63) is 0 Å². The average Bonchev–Trinajstić information content (AvgIpc) is 2.37. The van der Waals surface area contributed by atoms with E-state index in [-0.39, 0.29) is 31.9 Å². The third-order valence-electron chi connectivity index (χ3n) is 2.74. The molecule has 1 aliphatic rings. The second kappa shape index (κ2) is 7.22. The van der Waals surface area contributed by atoms with Crippen molar-refractivity contribution >= 4 is 27.9 Å². The van der Waals surface area contributed by atoms with Crippen LogP contribution in [0.25, 0.3) is 0 Å². The maximum atomic E-state index is 11.9. The first-order valence-corrected chi connectivity index (χ1v) is 7.93. The normalized spacial score (nSPS) is 19.0. The molecule has 1 rings (SSSR count). The number of nitrogens with one attached hydrogen (secondary N) is 3. The number of urea groups is 1. The highest BCUT2D eigenvalue weighted by atomic mass is 32.2. The van der Waals surface area contributed by atoms with E-state index in [1.54, 1.807) is 6.92 Å². The molecule has 3 amide bonds. The average molecular weight is 322 g/mol.